The van der Waals surface area contributed by atoms with Crippen LogP contribution in [0.4, 0.5) is 0 Å². The van der Waals surface area contributed by atoms with Crippen molar-refractivity contribution in [3.05, 3.63) is 29.3 Å². The molecule has 2 aliphatic rings. The van der Waals surface area contributed by atoms with Crippen molar-refractivity contribution < 1.29 is 4.74 Å². The SMILES string of the molecule is COc1ccc(C)cc1C(C)N1CC(N2CCNCC2)C1. The number of nitrogens with zero attached hydrogens (tertiary/aromatic N) is 2. The average molecular weight is 289 g/mol. The van der Waals surface area contributed by atoms with Crippen LogP contribution in [0.2, 0.25) is 0 Å². The summed E-state index contributed by atoms with van der Waals surface area (Å²) in [5, 5.41) is 3.43. The third kappa shape index (κ3) is 3.07. The Kier molecular flexibility index (Phi) is 4.48. The van der Waals surface area contributed by atoms with E-state index in [1.807, 2.05) is 0 Å². The molecule has 2 fully saturated rings. The van der Waals surface area contributed by atoms with Crippen LogP contribution >= 0.6 is 0 Å². The zero-order valence-electron chi connectivity index (χ0n) is 13.4. The molecule has 0 aliphatic carbocycles. The van der Waals surface area contributed by atoms with Crippen molar-refractivity contribution in [2.45, 2.75) is 25.9 Å². The summed E-state index contributed by atoms with van der Waals surface area (Å²) in [4.78, 5) is 5.19. The standard InChI is InChI=1S/C17H27N3O/c1-13-4-5-17(21-3)16(10-13)14(2)20-11-15(12-20)19-8-6-18-7-9-19/h4-5,10,14-15,18H,6-9,11-12H2,1-3H3. The van der Waals surface area contributed by atoms with Crippen LogP contribution < -0.4 is 10.1 Å². The van der Waals surface area contributed by atoms with Gasteiger partial charge in [-0.15, -0.1) is 0 Å². The van der Waals surface area contributed by atoms with E-state index in [-0.39, 0.29) is 0 Å². The van der Waals surface area contributed by atoms with E-state index in [9.17, 15) is 0 Å². The Morgan fingerprint density at radius 2 is 1.95 bits per heavy atom. The van der Waals surface area contributed by atoms with Crippen molar-refractivity contribution in [2.24, 2.45) is 0 Å². The number of rotatable bonds is 4. The van der Waals surface area contributed by atoms with Gasteiger partial charge in [0, 0.05) is 56.9 Å². The number of likely N-dealkylation sites (tertiary alicyclic amines) is 1. The second kappa shape index (κ2) is 6.34. The molecule has 0 amide bonds. The van der Waals surface area contributed by atoms with Crippen molar-refractivity contribution >= 4 is 0 Å². The van der Waals surface area contributed by atoms with Gasteiger partial charge in [-0.05, 0) is 19.9 Å². The van der Waals surface area contributed by atoms with Crippen LogP contribution in [0, 0.1) is 6.92 Å². The lowest BCUT2D eigenvalue weighted by Crippen LogP contribution is -2.62. The Morgan fingerprint density at radius 3 is 2.62 bits per heavy atom. The third-order valence-corrected chi connectivity index (χ3v) is 4.94. The zero-order valence-corrected chi connectivity index (χ0v) is 13.4. The molecule has 3 rings (SSSR count). The molecule has 116 valence electrons. The number of piperazine rings is 1. The second-order valence-electron chi connectivity index (χ2n) is 6.32. The Balaban J connectivity index is 1.62. The number of aryl methyl sites for hydroxylation is 1. The van der Waals surface area contributed by atoms with E-state index in [4.69, 9.17) is 4.74 Å². The quantitative estimate of drug-likeness (QED) is 0.912. The molecule has 4 heteroatoms. The summed E-state index contributed by atoms with van der Waals surface area (Å²) in [6.45, 7) is 11.5. The number of hydrogen-bond acceptors (Lipinski definition) is 4. The summed E-state index contributed by atoms with van der Waals surface area (Å²) in [7, 11) is 1.76. The molecule has 1 N–H and O–H groups in total. The Bertz CT molecular complexity index is 479. The normalized spacial score (nSPS) is 22.8. The summed E-state index contributed by atoms with van der Waals surface area (Å²) in [5.74, 6) is 1.01. The van der Waals surface area contributed by atoms with Gasteiger partial charge < -0.3 is 10.1 Å². The molecule has 0 spiro atoms. The van der Waals surface area contributed by atoms with E-state index in [1.165, 1.54) is 37.3 Å². The minimum Gasteiger partial charge on any atom is -0.496 e. The predicted octanol–water partition coefficient (Wildman–Crippen LogP) is 1.65. The molecule has 0 radical (unpaired) electrons. The highest BCUT2D eigenvalue weighted by molar-refractivity contribution is 5.39. The number of methoxy groups -OCH3 is 1. The molecule has 1 unspecified atom stereocenters. The van der Waals surface area contributed by atoms with Crippen LogP contribution in [0.1, 0.15) is 24.1 Å². The molecule has 0 bridgehead atoms. The van der Waals surface area contributed by atoms with E-state index < -0.39 is 0 Å². The van der Waals surface area contributed by atoms with Crippen molar-refractivity contribution in [2.75, 3.05) is 46.4 Å². The molecule has 2 aliphatic heterocycles. The molecular formula is C17H27N3O. The smallest absolute Gasteiger partial charge is 0.123 e. The van der Waals surface area contributed by atoms with Gasteiger partial charge in [0.1, 0.15) is 5.75 Å². The lowest BCUT2D eigenvalue weighted by atomic mass is 9.97. The topological polar surface area (TPSA) is 27.7 Å². The minimum atomic E-state index is 0.430. The lowest BCUT2D eigenvalue weighted by molar-refractivity contribution is 0.00296. The molecule has 0 aromatic heterocycles. The number of benzene rings is 1. The van der Waals surface area contributed by atoms with E-state index in [0.29, 0.717) is 6.04 Å². The zero-order chi connectivity index (χ0) is 14.8. The van der Waals surface area contributed by atoms with E-state index in [0.717, 1.165) is 24.9 Å². The molecular weight excluding hydrogens is 262 g/mol. The van der Waals surface area contributed by atoms with Crippen LogP contribution in [0.3, 0.4) is 0 Å². The molecule has 4 nitrogen and oxygen atoms in total. The number of hydrogen-bond donors (Lipinski definition) is 1. The summed E-state index contributed by atoms with van der Waals surface area (Å²) in [6.07, 6.45) is 0. The van der Waals surface area contributed by atoms with Crippen molar-refractivity contribution in [1.82, 2.24) is 15.1 Å². The summed E-state index contributed by atoms with van der Waals surface area (Å²) in [5.41, 5.74) is 2.62. The lowest BCUT2D eigenvalue weighted by Gasteiger charge is -2.49. The van der Waals surface area contributed by atoms with Gasteiger partial charge in [-0.2, -0.15) is 0 Å². The molecule has 1 aromatic carbocycles. The number of nitrogens with one attached hydrogen (secondary N) is 1. The van der Waals surface area contributed by atoms with Gasteiger partial charge >= 0.3 is 0 Å². The fraction of sp³-hybridized carbons (Fsp3) is 0.647. The molecule has 1 atom stereocenters. The largest absolute Gasteiger partial charge is 0.496 e. The van der Waals surface area contributed by atoms with Crippen LogP contribution in [0.25, 0.3) is 0 Å². The highest BCUT2D eigenvalue weighted by Gasteiger charge is 2.35. The molecule has 2 saturated heterocycles. The molecule has 1 aromatic rings. The second-order valence-corrected chi connectivity index (χ2v) is 6.32. The Labute approximate surface area is 128 Å². The summed E-state index contributed by atoms with van der Waals surface area (Å²) < 4.78 is 5.54. The van der Waals surface area contributed by atoms with Crippen molar-refractivity contribution in [3.8, 4) is 5.75 Å². The van der Waals surface area contributed by atoms with E-state index >= 15 is 0 Å². The van der Waals surface area contributed by atoms with Gasteiger partial charge in [0.2, 0.25) is 0 Å². The maximum absolute atomic E-state index is 5.54. The fourth-order valence-corrected chi connectivity index (χ4v) is 3.46. The monoisotopic (exact) mass is 289 g/mol. The van der Waals surface area contributed by atoms with Gasteiger partial charge in [-0.3, -0.25) is 9.80 Å². The number of ether oxygens (including phenoxy) is 1. The minimum absolute atomic E-state index is 0.430. The van der Waals surface area contributed by atoms with Crippen LogP contribution in [-0.2, 0) is 0 Å². The first-order chi connectivity index (χ1) is 10.2. The van der Waals surface area contributed by atoms with Gasteiger partial charge in [0.15, 0.2) is 0 Å². The highest BCUT2D eigenvalue weighted by Crippen LogP contribution is 2.33. The van der Waals surface area contributed by atoms with E-state index in [1.54, 1.807) is 7.11 Å². The van der Waals surface area contributed by atoms with Crippen LogP contribution in [-0.4, -0.2) is 62.2 Å². The van der Waals surface area contributed by atoms with Crippen molar-refractivity contribution in [3.63, 3.8) is 0 Å². The van der Waals surface area contributed by atoms with Gasteiger partial charge in [-0.1, -0.05) is 17.7 Å². The van der Waals surface area contributed by atoms with Crippen molar-refractivity contribution in [1.29, 1.82) is 0 Å². The first-order valence-corrected chi connectivity index (χ1v) is 8.02. The molecule has 2 heterocycles. The first-order valence-electron chi connectivity index (χ1n) is 8.02. The third-order valence-electron chi connectivity index (χ3n) is 4.94. The fourth-order valence-electron chi connectivity index (χ4n) is 3.46. The van der Waals surface area contributed by atoms with Gasteiger partial charge in [-0.25, -0.2) is 0 Å². The first kappa shape index (κ1) is 14.8. The molecule has 0 saturated carbocycles. The Morgan fingerprint density at radius 1 is 1.24 bits per heavy atom. The highest BCUT2D eigenvalue weighted by atomic mass is 16.5. The molecule has 21 heavy (non-hydrogen) atoms. The van der Waals surface area contributed by atoms with Gasteiger partial charge in [0.05, 0.1) is 7.11 Å². The maximum atomic E-state index is 5.54. The Hall–Kier alpha value is -1.10. The summed E-state index contributed by atoms with van der Waals surface area (Å²) >= 11 is 0. The summed E-state index contributed by atoms with van der Waals surface area (Å²) in [6, 6.07) is 7.65. The maximum Gasteiger partial charge on any atom is 0.123 e. The predicted molar refractivity (Wildman–Crippen MR) is 85.9 cm³/mol. The van der Waals surface area contributed by atoms with Crippen LogP contribution in [0.5, 0.6) is 5.75 Å². The van der Waals surface area contributed by atoms with Crippen LogP contribution in [0.15, 0.2) is 18.2 Å². The van der Waals surface area contributed by atoms with Gasteiger partial charge in [0.25, 0.3) is 0 Å². The average Bonchev–Trinajstić information content (AvgIpc) is 2.46. The van der Waals surface area contributed by atoms with E-state index in [2.05, 4.69) is 47.2 Å².